The summed E-state index contributed by atoms with van der Waals surface area (Å²) in [7, 11) is 0. The quantitative estimate of drug-likeness (QED) is 0.588. The van der Waals surface area contributed by atoms with Crippen LogP contribution in [0.5, 0.6) is 0 Å². The van der Waals surface area contributed by atoms with Gasteiger partial charge >= 0.3 is 0 Å². The zero-order valence-electron chi connectivity index (χ0n) is 10.3. The van der Waals surface area contributed by atoms with E-state index >= 15 is 0 Å². The van der Waals surface area contributed by atoms with E-state index in [0.29, 0.717) is 6.04 Å². The number of rotatable bonds is 9. The molecule has 1 unspecified atom stereocenters. The van der Waals surface area contributed by atoms with Gasteiger partial charge in [-0.3, -0.25) is 4.90 Å². The van der Waals surface area contributed by atoms with E-state index in [1.807, 2.05) is 6.08 Å². The van der Waals surface area contributed by atoms with Crippen molar-refractivity contribution in [3.05, 3.63) is 12.7 Å². The number of hydrogen-bond acceptors (Lipinski definition) is 2. The second kappa shape index (κ2) is 7.02. The van der Waals surface area contributed by atoms with Gasteiger partial charge in [0, 0.05) is 25.2 Å². The van der Waals surface area contributed by atoms with E-state index in [2.05, 4.69) is 30.6 Å². The van der Waals surface area contributed by atoms with Crippen LogP contribution in [-0.4, -0.2) is 36.6 Å². The van der Waals surface area contributed by atoms with Gasteiger partial charge in [0.2, 0.25) is 0 Å². The fourth-order valence-electron chi connectivity index (χ4n) is 2.00. The summed E-state index contributed by atoms with van der Waals surface area (Å²) in [6, 6.07) is 1.51. The molecule has 88 valence electrons. The van der Waals surface area contributed by atoms with E-state index in [0.717, 1.165) is 19.1 Å². The molecule has 1 atom stereocenters. The van der Waals surface area contributed by atoms with Crippen molar-refractivity contribution in [1.29, 1.82) is 0 Å². The first-order valence-corrected chi connectivity index (χ1v) is 6.40. The van der Waals surface area contributed by atoms with Gasteiger partial charge in [-0.2, -0.15) is 0 Å². The Morgan fingerprint density at radius 3 is 2.67 bits per heavy atom. The summed E-state index contributed by atoms with van der Waals surface area (Å²) < 4.78 is 0. The van der Waals surface area contributed by atoms with E-state index in [-0.39, 0.29) is 0 Å². The van der Waals surface area contributed by atoms with Crippen molar-refractivity contribution in [2.75, 3.05) is 19.6 Å². The van der Waals surface area contributed by atoms with E-state index in [1.54, 1.807) is 0 Å². The summed E-state index contributed by atoms with van der Waals surface area (Å²) in [5.74, 6) is 0. The molecule has 2 heteroatoms. The molecule has 0 bridgehead atoms. The Morgan fingerprint density at radius 1 is 1.47 bits per heavy atom. The summed E-state index contributed by atoms with van der Waals surface area (Å²) in [6.45, 7) is 11.7. The molecule has 1 N–H and O–H groups in total. The van der Waals surface area contributed by atoms with Crippen molar-refractivity contribution >= 4 is 0 Å². The molecule has 0 radical (unpaired) electrons. The molecule has 1 aliphatic carbocycles. The molecular weight excluding hydrogens is 184 g/mol. The topological polar surface area (TPSA) is 15.3 Å². The minimum atomic E-state index is 0.684. The first-order chi connectivity index (χ1) is 7.31. The van der Waals surface area contributed by atoms with Crippen LogP contribution < -0.4 is 5.32 Å². The van der Waals surface area contributed by atoms with Gasteiger partial charge in [0.15, 0.2) is 0 Å². The Morgan fingerprint density at radius 2 is 2.20 bits per heavy atom. The molecule has 1 aliphatic rings. The highest BCUT2D eigenvalue weighted by Crippen LogP contribution is 2.19. The second-order valence-electron chi connectivity index (χ2n) is 4.53. The first kappa shape index (κ1) is 12.7. The minimum Gasteiger partial charge on any atom is -0.312 e. The van der Waals surface area contributed by atoms with E-state index < -0.39 is 0 Å². The van der Waals surface area contributed by atoms with Crippen molar-refractivity contribution in [2.45, 2.75) is 51.6 Å². The lowest BCUT2D eigenvalue weighted by Crippen LogP contribution is -2.43. The second-order valence-corrected chi connectivity index (χ2v) is 4.53. The van der Waals surface area contributed by atoms with Crippen molar-refractivity contribution in [1.82, 2.24) is 10.2 Å². The normalized spacial score (nSPS) is 18.1. The maximum atomic E-state index is 3.84. The number of nitrogens with one attached hydrogen (secondary N) is 1. The van der Waals surface area contributed by atoms with Crippen molar-refractivity contribution in [3.63, 3.8) is 0 Å². The van der Waals surface area contributed by atoms with Gasteiger partial charge in [-0.05, 0) is 32.2 Å². The Labute approximate surface area is 94.7 Å². The third-order valence-corrected chi connectivity index (χ3v) is 3.08. The van der Waals surface area contributed by atoms with Crippen LogP contribution in [0.3, 0.4) is 0 Å². The van der Waals surface area contributed by atoms with Crippen LogP contribution in [0.2, 0.25) is 0 Å². The summed E-state index contributed by atoms with van der Waals surface area (Å²) in [5, 5.41) is 3.63. The molecule has 0 aromatic rings. The number of hydrogen-bond donors (Lipinski definition) is 1. The zero-order chi connectivity index (χ0) is 11.1. The Hall–Kier alpha value is -0.340. The SMILES string of the molecule is C=CCN(CCC)C(CC)CNC1CC1. The highest BCUT2D eigenvalue weighted by Gasteiger charge is 2.23. The van der Waals surface area contributed by atoms with E-state index in [1.165, 1.54) is 32.2 Å². The van der Waals surface area contributed by atoms with Gasteiger partial charge in [0.1, 0.15) is 0 Å². The van der Waals surface area contributed by atoms with Gasteiger partial charge < -0.3 is 5.32 Å². The third-order valence-electron chi connectivity index (χ3n) is 3.08. The molecule has 15 heavy (non-hydrogen) atoms. The molecule has 1 saturated carbocycles. The molecule has 1 fully saturated rings. The zero-order valence-corrected chi connectivity index (χ0v) is 10.3. The smallest absolute Gasteiger partial charge is 0.0221 e. The van der Waals surface area contributed by atoms with Crippen molar-refractivity contribution in [2.24, 2.45) is 0 Å². The van der Waals surface area contributed by atoms with Gasteiger partial charge in [-0.1, -0.05) is 19.9 Å². The van der Waals surface area contributed by atoms with Crippen LogP contribution in [0, 0.1) is 0 Å². The third kappa shape index (κ3) is 4.80. The molecule has 0 amide bonds. The molecule has 0 aliphatic heterocycles. The average Bonchev–Trinajstić information content (AvgIpc) is 3.03. The molecule has 2 nitrogen and oxygen atoms in total. The lowest BCUT2D eigenvalue weighted by Gasteiger charge is -2.30. The molecule has 0 spiro atoms. The van der Waals surface area contributed by atoms with E-state index in [9.17, 15) is 0 Å². The molecule has 0 aromatic heterocycles. The molecule has 1 rings (SSSR count). The highest BCUT2D eigenvalue weighted by atomic mass is 15.2. The molecule has 0 heterocycles. The van der Waals surface area contributed by atoms with Crippen LogP contribution >= 0.6 is 0 Å². The van der Waals surface area contributed by atoms with Gasteiger partial charge in [-0.15, -0.1) is 6.58 Å². The molecule has 0 aromatic carbocycles. The predicted octanol–water partition coefficient (Wildman–Crippen LogP) is 2.42. The maximum absolute atomic E-state index is 3.84. The fourth-order valence-corrected chi connectivity index (χ4v) is 2.00. The molecular formula is C13H26N2. The van der Waals surface area contributed by atoms with Crippen LogP contribution in [-0.2, 0) is 0 Å². The van der Waals surface area contributed by atoms with Crippen LogP contribution in [0.15, 0.2) is 12.7 Å². The van der Waals surface area contributed by atoms with Crippen molar-refractivity contribution < 1.29 is 0 Å². The fraction of sp³-hybridized carbons (Fsp3) is 0.846. The van der Waals surface area contributed by atoms with Gasteiger partial charge in [0.05, 0.1) is 0 Å². The molecule has 0 saturated heterocycles. The highest BCUT2D eigenvalue weighted by molar-refractivity contribution is 4.85. The summed E-state index contributed by atoms with van der Waals surface area (Å²) >= 11 is 0. The van der Waals surface area contributed by atoms with Crippen LogP contribution in [0.4, 0.5) is 0 Å². The Bertz CT molecular complexity index is 175. The predicted molar refractivity (Wildman–Crippen MR) is 67.2 cm³/mol. The lowest BCUT2D eigenvalue weighted by molar-refractivity contribution is 0.206. The lowest BCUT2D eigenvalue weighted by atomic mass is 10.1. The van der Waals surface area contributed by atoms with Crippen LogP contribution in [0.1, 0.15) is 39.5 Å². The Balaban J connectivity index is 2.31. The standard InChI is InChI=1S/C13H26N2/c1-4-9-15(10-5-2)13(6-3)11-14-12-7-8-12/h4,12-14H,1,5-11H2,2-3H3. The van der Waals surface area contributed by atoms with Gasteiger partial charge in [0.25, 0.3) is 0 Å². The number of nitrogens with zero attached hydrogens (tertiary/aromatic N) is 1. The minimum absolute atomic E-state index is 0.684. The van der Waals surface area contributed by atoms with Crippen molar-refractivity contribution in [3.8, 4) is 0 Å². The Kier molecular flexibility index (Phi) is 5.96. The summed E-state index contributed by atoms with van der Waals surface area (Å²) in [4.78, 5) is 2.54. The average molecular weight is 210 g/mol. The summed E-state index contributed by atoms with van der Waals surface area (Å²) in [5.41, 5.74) is 0. The summed E-state index contributed by atoms with van der Waals surface area (Å²) in [6.07, 6.45) is 7.24. The van der Waals surface area contributed by atoms with E-state index in [4.69, 9.17) is 0 Å². The monoisotopic (exact) mass is 210 g/mol. The van der Waals surface area contributed by atoms with Crippen LogP contribution in [0.25, 0.3) is 0 Å². The largest absolute Gasteiger partial charge is 0.312 e. The first-order valence-electron chi connectivity index (χ1n) is 6.40. The van der Waals surface area contributed by atoms with Gasteiger partial charge in [-0.25, -0.2) is 0 Å². The maximum Gasteiger partial charge on any atom is 0.0221 e.